The molecule has 2 heterocycles. The molecule has 6 nitrogen and oxygen atoms in total. The molecule has 0 radical (unpaired) electrons. The third kappa shape index (κ3) is 2.79. The Balaban J connectivity index is 2.25. The molecule has 1 aromatic rings. The number of aliphatic hydroxyl groups is 1. The SMILES string of the molecule is CCC1OCCC1C(O)c1ncc(OC)nc1OC. The van der Waals surface area contributed by atoms with Gasteiger partial charge in [-0.25, -0.2) is 4.98 Å². The monoisotopic (exact) mass is 268 g/mol. The second-order valence-electron chi connectivity index (χ2n) is 4.52. The Morgan fingerprint density at radius 1 is 1.47 bits per heavy atom. The molecular weight excluding hydrogens is 248 g/mol. The highest BCUT2D eigenvalue weighted by molar-refractivity contribution is 5.25. The van der Waals surface area contributed by atoms with E-state index in [9.17, 15) is 5.11 Å². The van der Waals surface area contributed by atoms with Crippen LogP contribution in [0, 0.1) is 5.92 Å². The third-order valence-electron chi connectivity index (χ3n) is 3.50. The van der Waals surface area contributed by atoms with Crippen LogP contribution in [0.1, 0.15) is 31.6 Å². The van der Waals surface area contributed by atoms with Gasteiger partial charge in [-0.3, -0.25) is 0 Å². The van der Waals surface area contributed by atoms with Crippen LogP contribution < -0.4 is 9.47 Å². The highest BCUT2D eigenvalue weighted by atomic mass is 16.5. The van der Waals surface area contributed by atoms with Gasteiger partial charge in [0.25, 0.3) is 0 Å². The number of nitrogens with zero attached hydrogens (tertiary/aromatic N) is 2. The molecule has 1 aliphatic rings. The molecule has 1 aliphatic heterocycles. The van der Waals surface area contributed by atoms with Crippen LogP contribution in [0.4, 0.5) is 0 Å². The van der Waals surface area contributed by atoms with Gasteiger partial charge in [-0.2, -0.15) is 4.98 Å². The van der Waals surface area contributed by atoms with Gasteiger partial charge in [-0.1, -0.05) is 6.92 Å². The lowest BCUT2D eigenvalue weighted by atomic mass is 9.91. The van der Waals surface area contributed by atoms with E-state index in [1.54, 1.807) is 0 Å². The van der Waals surface area contributed by atoms with E-state index in [2.05, 4.69) is 9.97 Å². The van der Waals surface area contributed by atoms with E-state index in [4.69, 9.17) is 14.2 Å². The number of rotatable bonds is 5. The Kier molecular flexibility index (Phi) is 4.55. The van der Waals surface area contributed by atoms with Gasteiger partial charge in [0.1, 0.15) is 11.8 Å². The first kappa shape index (κ1) is 14.0. The number of aromatic nitrogens is 2. The second kappa shape index (κ2) is 6.16. The molecule has 1 aromatic heterocycles. The van der Waals surface area contributed by atoms with Crippen molar-refractivity contribution in [2.45, 2.75) is 32.0 Å². The molecule has 2 rings (SSSR count). The van der Waals surface area contributed by atoms with Crippen LogP contribution in [0.25, 0.3) is 0 Å². The van der Waals surface area contributed by atoms with Gasteiger partial charge in [0, 0.05) is 12.5 Å². The van der Waals surface area contributed by atoms with Crippen molar-refractivity contribution in [3.8, 4) is 11.8 Å². The average molecular weight is 268 g/mol. The fourth-order valence-electron chi connectivity index (χ4n) is 2.47. The van der Waals surface area contributed by atoms with E-state index in [1.165, 1.54) is 20.4 Å². The molecule has 3 unspecified atom stereocenters. The molecular formula is C13H20N2O4. The molecule has 0 amide bonds. The molecule has 3 atom stereocenters. The maximum Gasteiger partial charge on any atom is 0.241 e. The van der Waals surface area contributed by atoms with Crippen molar-refractivity contribution in [2.75, 3.05) is 20.8 Å². The van der Waals surface area contributed by atoms with Crippen molar-refractivity contribution in [3.05, 3.63) is 11.9 Å². The fraction of sp³-hybridized carbons (Fsp3) is 0.692. The molecule has 0 bridgehead atoms. The van der Waals surface area contributed by atoms with Crippen LogP contribution in [-0.2, 0) is 4.74 Å². The van der Waals surface area contributed by atoms with E-state index in [1.807, 2.05) is 6.92 Å². The molecule has 1 N–H and O–H groups in total. The smallest absolute Gasteiger partial charge is 0.241 e. The normalized spacial score (nSPS) is 24.2. The van der Waals surface area contributed by atoms with Crippen molar-refractivity contribution < 1.29 is 19.3 Å². The van der Waals surface area contributed by atoms with Crippen molar-refractivity contribution in [3.63, 3.8) is 0 Å². The van der Waals surface area contributed by atoms with Crippen LogP contribution in [0.15, 0.2) is 6.20 Å². The first-order chi connectivity index (χ1) is 9.21. The predicted molar refractivity (Wildman–Crippen MR) is 68.2 cm³/mol. The first-order valence-electron chi connectivity index (χ1n) is 6.45. The molecule has 0 aliphatic carbocycles. The van der Waals surface area contributed by atoms with Gasteiger partial charge in [0.15, 0.2) is 0 Å². The molecule has 106 valence electrons. The lowest BCUT2D eigenvalue weighted by Crippen LogP contribution is -2.23. The van der Waals surface area contributed by atoms with Crippen LogP contribution in [0.2, 0.25) is 0 Å². The highest BCUT2D eigenvalue weighted by Gasteiger charge is 2.36. The van der Waals surface area contributed by atoms with Crippen molar-refractivity contribution >= 4 is 0 Å². The summed E-state index contributed by atoms with van der Waals surface area (Å²) >= 11 is 0. The minimum absolute atomic E-state index is 0.0293. The van der Waals surface area contributed by atoms with Crippen LogP contribution >= 0.6 is 0 Å². The molecule has 6 heteroatoms. The minimum Gasteiger partial charge on any atom is -0.480 e. The largest absolute Gasteiger partial charge is 0.480 e. The van der Waals surface area contributed by atoms with Crippen LogP contribution in [-0.4, -0.2) is 42.0 Å². The molecule has 0 spiro atoms. The molecule has 0 saturated carbocycles. The van der Waals surface area contributed by atoms with Gasteiger partial charge < -0.3 is 19.3 Å². The Hall–Kier alpha value is -1.40. The summed E-state index contributed by atoms with van der Waals surface area (Å²) < 4.78 is 15.8. The van der Waals surface area contributed by atoms with Crippen LogP contribution in [0.3, 0.4) is 0 Å². The number of hydrogen-bond donors (Lipinski definition) is 1. The van der Waals surface area contributed by atoms with Gasteiger partial charge in [-0.05, 0) is 12.8 Å². The topological polar surface area (TPSA) is 73.7 Å². The molecule has 0 aromatic carbocycles. The summed E-state index contributed by atoms with van der Waals surface area (Å²) in [5.41, 5.74) is 0.442. The molecule has 1 saturated heterocycles. The Labute approximate surface area is 112 Å². The van der Waals surface area contributed by atoms with Gasteiger partial charge in [0.05, 0.1) is 26.5 Å². The van der Waals surface area contributed by atoms with Gasteiger partial charge >= 0.3 is 0 Å². The van der Waals surface area contributed by atoms with Crippen LogP contribution in [0.5, 0.6) is 11.8 Å². The van der Waals surface area contributed by atoms with Gasteiger partial charge in [-0.15, -0.1) is 0 Å². The molecule has 19 heavy (non-hydrogen) atoms. The summed E-state index contributed by atoms with van der Waals surface area (Å²) in [5, 5.41) is 10.5. The summed E-state index contributed by atoms with van der Waals surface area (Å²) in [6, 6.07) is 0. The molecule has 1 fully saturated rings. The summed E-state index contributed by atoms with van der Waals surface area (Å²) in [7, 11) is 3.01. The quantitative estimate of drug-likeness (QED) is 0.868. The Bertz CT molecular complexity index is 427. The number of ether oxygens (including phenoxy) is 3. The van der Waals surface area contributed by atoms with Crippen molar-refractivity contribution in [1.29, 1.82) is 0 Å². The predicted octanol–water partition coefficient (Wildman–Crippen LogP) is 1.34. The Morgan fingerprint density at radius 2 is 2.26 bits per heavy atom. The van der Waals surface area contributed by atoms with E-state index in [0.29, 0.717) is 24.1 Å². The van der Waals surface area contributed by atoms with E-state index < -0.39 is 6.10 Å². The fourth-order valence-corrected chi connectivity index (χ4v) is 2.47. The van der Waals surface area contributed by atoms with Crippen molar-refractivity contribution in [1.82, 2.24) is 9.97 Å². The van der Waals surface area contributed by atoms with E-state index >= 15 is 0 Å². The summed E-state index contributed by atoms with van der Waals surface area (Å²) in [4.78, 5) is 8.36. The zero-order chi connectivity index (χ0) is 13.8. The zero-order valence-corrected chi connectivity index (χ0v) is 11.5. The summed E-state index contributed by atoms with van der Waals surface area (Å²) in [5.74, 6) is 0.692. The standard InChI is InChI=1S/C13H20N2O4/c1-4-9-8(5-6-19-9)12(16)11-13(18-3)15-10(17-2)7-14-11/h7-9,12,16H,4-6H2,1-3H3. The third-order valence-corrected chi connectivity index (χ3v) is 3.50. The highest BCUT2D eigenvalue weighted by Crippen LogP contribution is 2.36. The first-order valence-corrected chi connectivity index (χ1v) is 6.45. The number of methoxy groups -OCH3 is 2. The zero-order valence-electron chi connectivity index (χ0n) is 11.5. The van der Waals surface area contributed by atoms with E-state index in [0.717, 1.165) is 12.8 Å². The number of aliphatic hydroxyl groups excluding tert-OH is 1. The van der Waals surface area contributed by atoms with E-state index in [-0.39, 0.29) is 12.0 Å². The minimum atomic E-state index is -0.735. The second-order valence-corrected chi connectivity index (χ2v) is 4.52. The summed E-state index contributed by atoms with van der Waals surface area (Å²) in [6.07, 6.45) is 2.49. The lowest BCUT2D eigenvalue weighted by Gasteiger charge is -2.23. The Morgan fingerprint density at radius 3 is 2.89 bits per heavy atom. The lowest BCUT2D eigenvalue weighted by molar-refractivity contribution is 0.0274. The maximum absolute atomic E-state index is 10.5. The summed E-state index contributed by atoms with van der Waals surface area (Å²) in [6.45, 7) is 2.72. The van der Waals surface area contributed by atoms with Crippen molar-refractivity contribution in [2.24, 2.45) is 5.92 Å². The maximum atomic E-state index is 10.5. The van der Waals surface area contributed by atoms with Gasteiger partial charge in [0.2, 0.25) is 11.8 Å². The average Bonchev–Trinajstić information content (AvgIpc) is 2.94. The number of hydrogen-bond acceptors (Lipinski definition) is 6.